The van der Waals surface area contributed by atoms with Crippen molar-refractivity contribution in [2.24, 2.45) is 0 Å². The van der Waals surface area contributed by atoms with Gasteiger partial charge in [-0.1, -0.05) is 52.1 Å². The van der Waals surface area contributed by atoms with Crippen LogP contribution in [0, 0.1) is 0 Å². The van der Waals surface area contributed by atoms with E-state index in [4.69, 9.17) is 16.6 Å². The van der Waals surface area contributed by atoms with Crippen LogP contribution in [-0.2, 0) is 4.79 Å². The number of thiocarbonyl (C=S) groups is 1. The predicted octanol–water partition coefficient (Wildman–Crippen LogP) is 5.00. The second-order valence-corrected chi connectivity index (χ2v) is 6.99. The number of amides is 1. The molecule has 0 aliphatic carbocycles. The minimum Gasteiger partial charge on any atom is -0.465 e. The summed E-state index contributed by atoms with van der Waals surface area (Å²) in [5, 5.41) is 0. The van der Waals surface area contributed by atoms with E-state index in [0.29, 0.717) is 9.23 Å². The van der Waals surface area contributed by atoms with Crippen LogP contribution in [0.3, 0.4) is 0 Å². The lowest BCUT2D eigenvalue weighted by atomic mass is 10.3. The molecule has 0 bridgehead atoms. The van der Waals surface area contributed by atoms with Gasteiger partial charge in [-0.15, -0.1) is 0 Å². The molecule has 0 radical (unpaired) electrons. The average Bonchev–Trinajstić information content (AvgIpc) is 3.08. The molecule has 6 heteroatoms. The summed E-state index contributed by atoms with van der Waals surface area (Å²) in [4.78, 5) is 14.6. The molecule has 1 fully saturated rings. The van der Waals surface area contributed by atoms with Crippen LogP contribution in [0.5, 0.6) is 0 Å². The van der Waals surface area contributed by atoms with Crippen LogP contribution in [-0.4, -0.2) is 10.2 Å². The average molecular weight is 392 g/mol. The van der Waals surface area contributed by atoms with E-state index >= 15 is 0 Å². The molecule has 1 saturated heterocycles. The number of halogens is 1. The second-order valence-electron chi connectivity index (χ2n) is 4.39. The summed E-state index contributed by atoms with van der Waals surface area (Å²) in [7, 11) is 0. The van der Waals surface area contributed by atoms with Crippen LogP contribution >= 0.6 is 39.9 Å². The lowest BCUT2D eigenvalue weighted by Crippen LogP contribution is -2.27. The molecule has 3 rings (SSSR count). The van der Waals surface area contributed by atoms with E-state index in [0.717, 1.165) is 15.9 Å². The van der Waals surface area contributed by atoms with Crippen LogP contribution in [0.1, 0.15) is 5.76 Å². The van der Waals surface area contributed by atoms with Crippen molar-refractivity contribution < 1.29 is 9.21 Å². The fourth-order valence-electron chi connectivity index (χ4n) is 1.94. The SMILES string of the molecule is O=C1/C(=C/C=C/c2ccco2)SC(=S)N1c1cccc(Br)c1. The van der Waals surface area contributed by atoms with Gasteiger partial charge in [0.15, 0.2) is 4.32 Å². The summed E-state index contributed by atoms with van der Waals surface area (Å²) in [6.45, 7) is 0. The monoisotopic (exact) mass is 391 g/mol. The largest absolute Gasteiger partial charge is 0.465 e. The molecule has 2 heterocycles. The lowest BCUT2D eigenvalue weighted by Gasteiger charge is -2.14. The first kappa shape index (κ1) is 15.3. The van der Waals surface area contributed by atoms with Crippen LogP contribution < -0.4 is 4.90 Å². The number of carbonyl (C=O) groups excluding carboxylic acids is 1. The van der Waals surface area contributed by atoms with Gasteiger partial charge in [-0.3, -0.25) is 9.69 Å². The molecule has 1 aliphatic heterocycles. The zero-order valence-corrected chi connectivity index (χ0v) is 14.5. The molecule has 0 N–H and O–H groups in total. The van der Waals surface area contributed by atoms with Gasteiger partial charge in [0.25, 0.3) is 5.91 Å². The molecule has 1 aromatic heterocycles. The van der Waals surface area contributed by atoms with Gasteiger partial charge < -0.3 is 4.42 Å². The van der Waals surface area contributed by atoms with Crippen molar-refractivity contribution in [3.05, 3.63) is 70.0 Å². The highest BCUT2D eigenvalue weighted by Crippen LogP contribution is 2.35. The summed E-state index contributed by atoms with van der Waals surface area (Å²) in [5.41, 5.74) is 0.760. The molecule has 1 aromatic carbocycles. The topological polar surface area (TPSA) is 33.5 Å². The van der Waals surface area contributed by atoms with Gasteiger partial charge in [-0.2, -0.15) is 0 Å². The van der Waals surface area contributed by atoms with E-state index in [1.807, 2.05) is 36.4 Å². The van der Waals surface area contributed by atoms with Crippen LogP contribution in [0.4, 0.5) is 5.69 Å². The molecule has 2 aromatic rings. The third kappa shape index (κ3) is 3.24. The highest BCUT2D eigenvalue weighted by Gasteiger charge is 2.32. The number of hydrogen-bond acceptors (Lipinski definition) is 4. The Morgan fingerprint density at radius 1 is 1.27 bits per heavy atom. The van der Waals surface area contributed by atoms with Gasteiger partial charge in [0.05, 0.1) is 16.9 Å². The van der Waals surface area contributed by atoms with Crippen molar-refractivity contribution in [3.8, 4) is 0 Å². The molecule has 110 valence electrons. The number of benzene rings is 1. The van der Waals surface area contributed by atoms with E-state index in [9.17, 15) is 4.79 Å². The number of rotatable bonds is 3. The lowest BCUT2D eigenvalue weighted by molar-refractivity contribution is -0.113. The molecule has 3 nitrogen and oxygen atoms in total. The first-order chi connectivity index (χ1) is 10.6. The highest BCUT2D eigenvalue weighted by molar-refractivity contribution is 9.10. The van der Waals surface area contributed by atoms with Gasteiger partial charge in [-0.25, -0.2) is 0 Å². The minimum absolute atomic E-state index is 0.114. The molecular formula is C16H10BrNO2S2. The molecule has 1 amide bonds. The fourth-order valence-corrected chi connectivity index (χ4v) is 3.57. The first-order valence-electron chi connectivity index (χ1n) is 6.39. The molecule has 0 spiro atoms. The third-order valence-electron chi connectivity index (χ3n) is 2.91. The summed E-state index contributed by atoms with van der Waals surface area (Å²) in [5.74, 6) is 0.621. The number of nitrogens with zero attached hydrogens (tertiary/aromatic N) is 1. The highest BCUT2D eigenvalue weighted by atomic mass is 79.9. The quantitative estimate of drug-likeness (QED) is 0.544. The Morgan fingerprint density at radius 3 is 2.86 bits per heavy atom. The number of furan rings is 1. The zero-order chi connectivity index (χ0) is 15.5. The first-order valence-corrected chi connectivity index (χ1v) is 8.40. The maximum Gasteiger partial charge on any atom is 0.270 e. The Bertz CT molecular complexity index is 781. The number of thioether (sulfide) groups is 1. The number of hydrogen-bond donors (Lipinski definition) is 0. The van der Waals surface area contributed by atoms with Crippen LogP contribution in [0.2, 0.25) is 0 Å². The molecular weight excluding hydrogens is 382 g/mol. The molecule has 1 aliphatic rings. The Balaban J connectivity index is 1.82. The normalized spacial score (nSPS) is 17.1. The Labute approximate surface area is 145 Å². The smallest absolute Gasteiger partial charge is 0.270 e. The Morgan fingerprint density at radius 2 is 2.14 bits per heavy atom. The van der Waals surface area contributed by atoms with Gasteiger partial charge in [0, 0.05) is 4.47 Å². The fraction of sp³-hybridized carbons (Fsp3) is 0. The molecule has 0 unspecified atom stereocenters. The number of anilines is 1. The van der Waals surface area contributed by atoms with Crippen molar-refractivity contribution in [1.29, 1.82) is 0 Å². The maximum absolute atomic E-state index is 12.5. The van der Waals surface area contributed by atoms with Crippen molar-refractivity contribution in [2.45, 2.75) is 0 Å². The van der Waals surface area contributed by atoms with E-state index < -0.39 is 0 Å². The summed E-state index contributed by atoms with van der Waals surface area (Å²) >= 11 is 10.0. The van der Waals surface area contributed by atoms with Crippen LogP contribution in [0.15, 0.2) is 68.6 Å². The van der Waals surface area contributed by atoms with Crippen molar-refractivity contribution in [2.75, 3.05) is 4.90 Å². The maximum atomic E-state index is 12.5. The number of carbonyl (C=O) groups is 1. The van der Waals surface area contributed by atoms with Gasteiger partial charge in [0.2, 0.25) is 0 Å². The van der Waals surface area contributed by atoms with E-state index in [1.54, 1.807) is 24.5 Å². The van der Waals surface area contributed by atoms with Gasteiger partial charge >= 0.3 is 0 Å². The van der Waals surface area contributed by atoms with E-state index in [-0.39, 0.29) is 5.91 Å². The van der Waals surface area contributed by atoms with E-state index in [2.05, 4.69) is 15.9 Å². The second kappa shape index (κ2) is 6.64. The van der Waals surface area contributed by atoms with Gasteiger partial charge in [-0.05, 0) is 42.5 Å². The minimum atomic E-state index is -0.114. The summed E-state index contributed by atoms with van der Waals surface area (Å²) in [6.07, 6.45) is 6.93. The van der Waals surface area contributed by atoms with E-state index in [1.165, 1.54) is 16.7 Å². The standard InChI is InChI=1S/C16H10BrNO2S2/c17-11-4-1-5-12(10-11)18-15(19)14(22-16(18)21)8-2-6-13-7-3-9-20-13/h1-10H/b6-2+,14-8-. The van der Waals surface area contributed by atoms with Gasteiger partial charge in [0.1, 0.15) is 5.76 Å². The van der Waals surface area contributed by atoms with Crippen molar-refractivity contribution >= 4 is 61.9 Å². The predicted molar refractivity (Wildman–Crippen MR) is 97.6 cm³/mol. The Hall–Kier alpha value is -1.63. The molecule has 0 atom stereocenters. The molecule has 0 saturated carbocycles. The summed E-state index contributed by atoms with van der Waals surface area (Å²) < 4.78 is 6.63. The van der Waals surface area contributed by atoms with Crippen molar-refractivity contribution in [1.82, 2.24) is 0 Å². The van der Waals surface area contributed by atoms with Crippen molar-refractivity contribution in [3.63, 3.8) is 0 Å². The Kier molecular flexibility index (Phi) is 4.61. The summed E-state index contributed by atoms with van der Waals surface area (Å²) in [6, 6.07) is 11.2. The zero-order valence-electron chi connectivity index (χ0n) is 11.2. The van der Waals surface area contributed by atoms with Crippen LogP contribution in [0.25, 0.3) is 6.08 Å². The molecule has 22 heavy (non-hydrogen) atoms. The third-order valence-corrected chi connectivity index (χ3v) is 4.73. The number of allylic oxidation sites excluding steroid dienone is 2.